The second-order valence-corrected chi connectivity index (χ2v) is 5.85. The Balaban J connectivity index is 2.04. The first-order chi connectivity index (χ1) is 9.09. The Kier molecular flexibility index (Phi) is 7.92. The molecule has 0 aliphatic heterocycles. The molecule has 0 atom stereocenters. The number of ether oxygens (including phenoxy) is 1. The molecule has 1 rings (SSSR count). The summed E-state index contributed by atoms with van der Waals surface area (Å²) in [6, 6.07) is 5.76. The molecule has 1 aromatic carbocycles. The Morgan fingerprint density at radius 2 is 2.00 bits per heavy atom. The van der Waals surface area contributed by atoms with Gasteiger partial charge < -0.3 is 10.1 Å². The van der Waals surface area contributed by atoms with Gasteiger partial charge in [0, 0.05) is 5.02 Å². The van der Waals surface area contributed by atoms with Crippen molar-refractivity contribution in [1.29, 1.82) is 0 Å². The molecule has 0 aromatic heterocycles. The lowest BCUT2D eigenvalue weighted by molar-refractivity contribution is 0.303. The summed E-state index contributed by atoms with van der Waals surface area (Å²) in [7, 11) is 0. The lowest BCUT2D eigenvalue weighted by Crippen LogP contribution is -2.20. The van der Waals surface area contributed by atoms with Gasteiger partial charge in [0.05, 0.1) is 6.61 Å². The molecule has 0 unspecified atom stereocenters. The number of hydrogen-bond acceptors (Lipinski definition) is 2. The normalized spacial score (nSPS) is 11.0. The highest BCUT2D eigenvalue weighted by Crippen LogP contribution is 2.21. The van der Waals surface area contributed by atoms with Crippen molar-refractivity contribution in [2.24, 2.45) is 5.92 Å². The van der Waals surface area contributed by atoms with Gasteiger partial charge in [-0.05, 0) is 69.0 Å². The van der Waals surface area contributed by atoms with E-state index in [4.69, 9.17) is 16.3 Å². The first-order valence-corrected chi connectivity index (χ1v) is 7.57. The number of aryl methyl sites for hydroxylation is 1. The van der Waals surface area contributed by atoms with Crippen LogP contribution in [-0.2, 0) is 0 Å². The largest absolute Gasteiger partial charge is 0.493 e. The van der Waals surface area contributed by atoms with Gasteiger partial charge in [0.1, 0.15) is 5.75 Å². The van der Waals surface area contributed by atoms with Crippen LogP contribution in [0.2, 0.25) is 5.02 Å². The maximum atomic E-state index is 5.91. The van der Waals surface area contributed by atoms with Crippen LogP contribution in [0.5, 0.6) is 5.75 Å². The molecule has 0 aliphatic carbocycles. The Morgan fingerprint density at radius 3 is 2.68 bits per heavy atom. The molecule has 0 saturated heterocycles. The van der Waals surface area contributed by atoms with Crippen molar-refractivity contribution in [3.63, 3.8) is 0 Å². The molecule has 0 aliphatic rings. The van der Waals surface area contributed by atoms with Crippen LogP contribution >= 0.6 is 11.6 Å². The lowest BCUT2D eigenvalue weighted by Gasteiger charge is -2.10. The summed E-state index contributed by atoms with van der Waals surface area (Å²) in [6.07, 6.45) is 3.53. The first kappa shape index (κ1) is 16.3. The summed E-state index contributed by atoms with van der Waals surface area (Å²) in [4.78, 5) is 0. The van der Waals surface area contributed by atoms with E-state index in [2.05, 4.69) is 19.2 Å². The van der Waals surface area contributed by atoms with E-state index in [1.807, 2.05) is 25.1 Å². The number of halogens is 1. The average molecular weight is 284 g/mol. The van der Waals surface area contributed by atoms with Gasteiger partial charge >= 0.3 is 0 Å². The highest BCUT2D eigenvalue weighted by molar-refractivity contribution is 6.30. The van der Waals surface area contributed by atoms with E-state index in [0.29, 0.717) is 0 Å². The molecule has 2 nitrogen and oxygen atoms in total. The molecule has 0 saturated carbocycles. The highest BCUT2D eigenvalue weighted by Gasteiger charge is 2.00. The third-order valence-electron chi connectivity index (χ3n) is 2.95. The molecular weight excluding hydrogens is 258 g/mol. The summed E-state index contributed by atoms with van der Waals surface area (Å²) in [5.74, 6) is 1.68. The fourth-order valence-electron chi connectivity index (χ4n) is 1.88. The molecule has 108 valence electrons. The quantitative estimate of drug-likeness (QED) is 0.676. The predicted molar refractivity (Wildman–Crippen MR) is 83.2 cm³/mol. The fourth-order valence-corrected chi connectivity index (χ4v) is 2.10. The minimum atomic E-state index is 0.733. The van der Waals surface area contributed by atoms with Gasteiger partial charge in [-0.1, -0.05) is 25.4 Å². The molecular formula is C16H26ClNO. The van der Waals surface area contributed by atoms with E-state index in [1.54, 1.807) is 0 Å². The molecule has 19 heavy (non-hydrogen) atoms. The minimum Gasteiger partial charge on any atom is -0.493 e. The van der Waals surface area contributed by atoms with Crippen LogP contribution in [0.3, 0.4) is 0 Å². The Hall–Kier alpha value is -0.730. The highest BCUT2D eigenvalue weighted by atomic mass is 35.5. The maximum absolute atomic E-state index is 5.91. The molecule has 0 spiro atoms. The van der Waals surface area contributed by atoms with E-state index < -0.39 is 0 Å². The van der Waals surface area contributed by atoms with Crippen LogP contribution < -0.4 is 10.1 Å². The van der Waals surface area contributed by atoms with Crippen LogP contribution in [0.1, 0.15) is 38.7 Å². The van der Waals surface area contributed by atoms with Crippen LogP contribution in [0.15, 0.2) is 18.2 Å². The van der Waals surface area contributed by atoms with E-state index in [0.717, 1.165) is 48.4 Å². The van der Waals surface area contributed by atoms with Crippen molar-refractivity contribution in [2.45, 2.75) is 40.0 Å². The molecule has 0 radical (unpaired) electrons. The molecule has 0 heterocycles. The minimum absolute atomic E-state index is 0.733. The van der Waals surface area contributed by atoms with E-state index in [9.17, 15) is 0 Å². The zero-order valence-corrected chi connectivity index (χ0v) is 13.1. The zero-order chi connectivity index (χ0) is 14.1. The predicted octanol–water partition coefficient (Wildman–Crippen LogP) is 4.44. The average Bonchev–Trinajstić information content (AvgIpc) is 2.34. The summed E-state index contributed by atoms with van der Waals surface area (Å²) >= 11 is 5.91. The van der Waals surface area contributed by atoms with Gasteiger partial charge in [0.2, 0.25) is 0 Å². The van der Waals surface area contributed by atoms with Crippen molar-refractivity contribution >= 4 is 11.6 Å². The molecule has 0 fully saturated rings. The second kappa shape index (κ2) is 9.22. The third-order valence-corrected chi connectivity index (χ3v) is 3.18. The molecule has 0 amide bonds. The first-order valence-electron chi connectivity index (χ1n) is 7.19. The van der Waals surface area contributed by atoms with Gasteiger partial charge in [-0.25, -0.2) is 0 Å². The van der Waals surface area contributed by atoms with Crippen LogP contribution in [0.4, 0.5) is 0 Å². The number of benzene rings is 1. The van der Waals surface area contributed by atoms with Gasteiger partial charge in [-0.15, -0.1) is 0 Å². The van der Waals surface area contributed by atoms with Gasteiger partial charge in [0.15, 0.2) is 0 Å². The molecule has 3 heteroatoms. The van der Waals surface area contributed by atoms with Gasteiger partial charge in [-0.2, -0.15) is 0 Å². The summed E-state index contributed by atoms with van der Waals surface area (Å²) < 4.78 is 5.76. The van der Waals surface area contributed by atoms with Crippen molar-refractivity contribution in [3.05, 3.63) is 28.8 Å². The topological polar surface area (TPSA) is 21.3 Å². The smallest absolute Gasteiger partial charge is 0.122 e. The molecule has 1 N–H and O–H groups in total. The van der Waals surface area contributed by atoms with Crippen molar-refractivity contribution in [2.75, 3.05) is 19.7 Å². The summed E-state index contributed by atoms with van der Waals surface area (Å²) in [5, 5.41) is 4.22. The number of hydrogen-bond donors (Lipinski definition) is 1. The Morgan fingerprint density at radius 1 is 1.21 bits per heavy atom. The summed E-state index contributed by atoms with van der Waals surface area (Å²) in [6.45, 7) is 9.49. The SMILES string of the molecule is Cc1cc(Cl)ccc1OCCCCCNCC(C)C. The Bertz CT molecular complexity index is 366. The lowest BCUT2D eigenvalue weighted by atomic mass is 10.2. The fraction of sp³-hybridized carbons (Fsp3) is 0.625. The van der Waals surface area contributed by atoms with Gasteiger partial charge in [-0.3, -0.25) is 0 Å². The van der Waals surface area contributed by atoms with Crippen LogP contribution in [0, 0.1) is 12.8 Å². The van der Waals surface area contributed by atoms with Crippen LogP contribution in [-0.4, -0.2) is 19.7 Å². The Labute approximate surface area is 122 Å². The van der Waals surface area contributed by atoms with Gasteiger partial charge in [0.25, 0.3) is 0 Å². The van der Waals surface area contributed by atoms with E-state index in [-0.39, 0.29) is 0 Å². The van der Waals surface area contributed by atoms with Crippen LogP contribution in [0.25, 0.3) is 0 Å². The number of rotatable bonds is 9. The molecule has 0 bridgehead atoms. The van der Waals surface area contributed by atoms with Crippen molar-refractivity contribution in [1.82, 2.24) is 5.32 Å². The number of unbranched alkanes of at least 4 members (excludes halogenated alkanes) is 2. The van der Waals surface area contributed by atoms with Crippen molar-refractivity contribution in [3.8, 4) is 5.75 Å². The summed E-state index contributed by atoms with van der Waals surface area (Å²) in [5.41, 5.74) is 1.10. The third kappa shape index (κ3) is 7.44. The van der Waals surface area contributed by atoms with E-state index >= 15 is 0 Å². The number of nitrogens with one attached hydrogen (secondary N) is 1. The second-order valence-electron chi connectivity index (χ2n) is 5.42. The van der Waals surface area contributed by atoms with E-state index in [1.165, 1.54) is 12.8 Å². The van der Waals surface area contributed by atoms with Crippen molar-refractivity contribution < 1.29 is 4.74 Å². The zero-order valence-electron chi connectivity index (χ0n) is 12.3. The maximum Gasteiger partial charge on any atom is 0.122 e. The molecule has 1 aromatic rings. The monoisotopic (exact) mass is 283 g/mol. The standard InChI is InChI=1S/C16H26ClNO/c1-13(2)12-18-9-5-4-6-10-19-16-8-7-15(17)11-14(16)3/h7-8,11,13,18H,4-6,9-10,12H2,1-3H3.